The van der Waals surface area contributed by atoms with Gasteiger partial charge in [0.1, 0.15) is 5.69 Å². The highest BCUT2D eigenvalue weighted by Gasteiger charge is 2.47. The Morgan fingerprint density at radius 2 is 1.75 bits per heavy atom. The minimum Gasteiger partial charge on any atom is -0.332 e. The molecule has 4 rings (SSSR count). The minimum atomic E-state index is -0.534. The number of amides is 1. The van der Waals surface area contributed by atoms with Crippen LogP contribution in [0, 0.1) is 0 Å². The van der Waals surface area contributed by atoms with Gasteiger partial charge in [-0.2, -0.15) is 0 Å². The largest absolute Gasteiger partial charge is 0.332 e. The van der Waals surface area contributed by atoms with Crippen LogP contribution in [0.1, 0.15) is 41.0 Å². The topological polar surface area (TPSA) is 58.1 Å². The van der Waals surface area contributed by atoms with E-state index in [2.05, 4.69) is 51.4 Å². The zero-order chi connectivity index (χ0) is 19.4. The number of carbonyl (C=O) groups excluding carboxylic acids is 1. The maximum absolute atomic E-state index is 13.0. The van der Waals surface area contributed by atoms with Crippen LogP contribution in [0.2, 0.25) is 0 Å². The van der Waals surface area contributed by atoms with Gasteiger partial charge in [-0.1, -0.05) is 42.5 Å². The van der Waals surface area contributed by atoms with Crippen molar-refractivity contribution < 1.29 is 4.79 Å². The van der Waals surface area contributed by atoms with Crippen LogP contribution in [0.3, 0.4) is 0 Å². The summed E-state index contributed by atoms with van der Waals surface area (Å²) in [7, 11) is 0. The first-order chi connectivity index (χ1) is 13.7. The maximum atomic E-state index is 13.0. The van der Waals surface area contributed by atoms with Gasteiger partial charge in [-0.05, 0) is 43.2 Å². The molecule has 28 heavy (non-hydrogen) atoms. The molecule has 3 aromatic rings. The number of hydrogen-bond donors (Lipinski definition) is 1. The van der Waals surface area contributed by atoms with Crippen molar-refractivity contribution >= 4 is 5.91 Å². The van der Waals surface area contributed by atoms with E-state index in [1.165, 1.54) is 5.56 Å². The van der Waals surface area contributed by atoms with Crippen LogP contribution >= 0.6 is 0 Å². The third-order valence-corrected chi connectivity index (χ3v) is 5.57. The van der Waals surface area contributed by atoms with Crippen molar-refractivity contribution in [3.63, 3.8) is 0 Å². The van der Waals surface area contributed by atoms with Crippen LogP contribution < -0.4 is 5.32 Å². The van der Waals surface area contributed by atoms with Crippen LogP contribution in [0.25, 0.3) is 0 Å². The van der Waals surface area contributed by atoms with E-state index in [4.69, 9.17) is 0 Å². The van der Waals surface area contributed by atoms with Crippen LogP contribution in [0.15, 0.2) is 79.1 Å². The second-order valence-corrected chi connectivity index (χ2v) is 7.31. The molecule has 3 heterocycles. The fourth-order valence-corrected chi connectivity index (χ4v) is 4.08. The summed E-state index contributed by atoms with van der Waals surface area (Å²) in [5, 5.41) is 3.29. The number of aromatic nitrogens is 2. The van der Waals surface area contributed by atoms with Gasteiger partial charge in [0, 0.05) is 31.4 Å². The van der Waals surface area contributed by atoms with Gasteiger partial charge < -0.3 is 5.32 Å². The zero-order valence-corrected chi connectivity index (χ0v) is 16.0. The molecule has 1 N–H and O–H groups in total. The van der Waals surface area contributed by atoms with E-state index in [1.807, 2.05) is 42.6 Å². The monoisotopic (exact) mass is 372 g/mol. The molecule has 5 nitrogen and oxygen atoms in total. The van der Waals surface area contributed by atoms with E-state index in [0.717, 1.165) is 18.7 Å². The molecule has 0 spiro atoms. The number of likely N-dealkylation sites (tertiary alicyclic amines) is 1. The van der Waals surface area contributed by atoms with Gasteiger partial charge in [-0.15, -0.1) is 0 Å². The lowest BCUT2D eigenvalue weighted by molar-refractivity contribution is 0.0650. The van der Waals surface area contributed by atoms with E-state index < -0.39 is 5.66 Å². The molecular formula is C23H24N4O. The lowest BCUT2D eigenvalue weighted by Crippen LogP contribution is -2.57. The number of hydrogen-bond acceptors (Lipinski definition) is 4. The first kappa shape index (κ1) is 18.3. The Kier molecular flexibility index (Phi) is 5.17. The molecule has 1 amide bonds. The highest BCUT2D eigenvalue weighted by Crippen LogP contribution is 2.41. The predicted molar refractivity (Wildman–Crippen MR) is 109 cm³/mol. The van der Waals surface area contributed by atoms with E-state index in [-0.39, 0.29) is 11.8 Å². The van der Waals surface area contributed by atoms with Crippen LogP contribution in [-0.4, -0.2) is 33.0 Å². The summed E-state index contributed by atoms with van der Waals surface area (Å²) in [5.41, 5.74) is 2.12. The smallest absolute Gasteiger partial charge is 0.271 e. The fraction of sp³-hybridized carbons (Fsp3) is 0.261. The van der Waals surface area contributed by atoms with Gasteiger partial charge in [0.15, 0.2) is 0 Å². The Balaban J connectivity index is 1.65. The van der Waals surface area contributed by atoms with Crippen LogP contribution in [0.4, 0.5) is 0 Å². The Bertz CT molecular complexity index is 917. The van der Waals surface area contributed by atoms with Crippen molar-refractivity contribution in [2.24, 2.45) is 0 Å². The summed E-state index contributed by atoms with van der Waals surface area (Å²) >= 11 is 0. The molecule has 1 fully saturated rings. The molecule has 0 bridgehead atoms. The molecule has 2 unspecified atom stereocenters. The van der Waals surface area contributed by atoms with Crippen molar-refractivity contribution in [2.75, 3.05) is 6.54 Å². The number of rotatable bonds is 5. The van der Waals surface area contributed by atoms with Crippen molar-refractivity contribution in [1.29, 1.82) is 0 Å². The first-order valence-corrected chi connectivity index (χ1v) is 9.60. The predicted octanol–water partition coefficient (Wildman–Crippen LogP) is 3.61. The number of benzene rings is 1. The summed E-state index contributed by atoms with van der Waals surface area (Å²) in [6.45, 7) is 3.68. The van der Waals surface area contributed by atoms with Crippen LogP contribution in [0.5, 0.6) is 0 Å². The Labute approximate surface area is 165 Å². The molecule has 0 aliphatic carbocycles. The highest BCUT2D eigenvalue weighted by molar-refractivity contribution is 5.92. The highest BCUT2D eigenvalue weighted by atomic mass is 16.2. The third kappa shape index (κ3) is 3.66. The fourth-order valence-electron chi connectivity index (χ4n) is 4.08. The maximum Gasteiger partial charge on any atom is 0.271 e. The van der Waals surface area contributed by atoms with Crippen molar-refractivity contribution in [3.05, 3.63) is 96.1 Å². The van der Waals surface area contributed by atoms with Gasteiger partial charge in [0.05, 0.1) is 11.4 Å². The molecule has 1 aliphatic heterocycles. The molecule has 142 valence electrons. The summed E-state index contributed by atoms with van der Waals surface area (Å²) in [5.74, 6) is 0.0297. The lowest BCUT2D eigenvalue weighted by Gasteiger charge is -2.40. The Morgan fingerprint density at radius 3 is 2.43 bits per heavy atom. The summed E-state index contributed by atoms with van der Waals surface area (Å²) in [6.07, 6.45) is 4.42. The summed E-state index contributed by atoms with van der Waals surface area (Å²) in [6, 6.07) is 21.7. The Hall–Kier alpha value is -3.05. The molecular weight excluding hydrogens is 348 g/mol. The van der Waals surface area contributed by atoms with E-state index in [9.17, 15) is 4.79 Å². The van der Waals surface area contributed by atoms with E-state index in [0.29, 0.717) is 12.2 Å². The average molecular weight is 372 g/mol. The van der Waals surface area contributed by atoms with Crippen LogP contribution in [-0.2, 0) is 6.54 Å². The lowest BCUT2D eigenvalue weighted by atomic mass is 9.87. The molecule has 2 atom stereocenters. The molecule has 5 heteroatoms. The van der Waals surface area contributed by atoms with Crippen molar-refractivity contribution in [2.45, 2.75) is 31.5 Å². The second-order valence-electron chi connectivity index (χ2n) is 7.31. The zero-order valence-electron chi connectivity index (χ0n) is 16.0. The van der Waals surface area contributed by atoms with Gasteiger partial charge in [-0.25, -0.2) is 0 Å². The molecule has 0 saturated carbocycles. The second kappa shape index (κ2) is 7.90. The van der Waals surface area contributed by atoms with Crippen molar-refractivity contribution in [1.82, 2.24) is 20.2 Å². The van der Waals surface area contributed by atoms with Gasteiger partial charge in [0.25, 0.3) is 5.91 Å². The first-order valence-electron chi connectivity index (χ1n) is 9.60. The number of pyridine rings is 2. The molecule has 1 saturated heterocycles. The Morgan fingerprint density at radius 1 is 1.04 bits per heavy atom. The van der Waals surface area contributed by atoms with Gasteiger partial charge >= 0.3 is 0 Å². The number of nitrogens with one attached hydrogen (secondary N) is 1. The average Bonchev–Trinajstić information content (AvgIpc) is 3.05. The van der Waals surface area contributed by atoms with E-state index in [1.54, 1.807) is 12.3 Å². The quantitative estimate of drug-likeness (QED) is 0.743. The molecule has 0 radical (unpaired) electrons. The van der Waals surface area contributed by atoms with Crippen molar-refractivity contribution in [3.8, 4) is 0 Å². The normalized spacial score (nSPS) is 22.1. The molecule has 2 aromatic heterocycles. The summed E-state index contributed by atoms with van der Waals surface area (Å²) in [4.78, 5) is 24.0. The molecule has 1 aliphatic rings. The third-order valence-electron chi connectivity index (χ3n) is 5.57. The number of nitrogens with zero attached hydrogens (tertiary/aromatic N) is 3. The SMILES string of the molecule is CC1(NC(=O)c2ccccn2)C(c2ccccc2)CCN1Cc1ccccn1. The minimum absolute atomic E-state index is 0.156. The van der Waals surface area contributed by atoms with E-state index >= 15 is 0 Å². The molecule has 1 aromatic carbocycles. The van der Waals surface area contributed by atoms with Gasteiger partial charge in [0.2, 0.25) is 0 Å². The summed E-state index contributed by atoms with van der Waals surface area (Å²) < 4.78 is 0. The standard InChI is InChI=1S/C23H24N4O/c1-23(26-22(28)21-12-6-8-15-25-21)20(18-9-3-2-4-10-18)13-16-27(23)17-19-11-5-7-14-24-19/h2-12,14-15,20H,13,16-17H2,1H3,(H,26,28). The van der Waals surface area contributed by atoms with Gasteiger partial charge in [-0.3, -0.25) is 19.7 Å². The number of carbonyl (C=O) groups is 1.